The van der Waals surface area contributed by atoms with Gasteiger partial charge in [0.15, 0.2) is 0 Å². The second kappa shape index (κ2) is 17.5. The number of nitrogens with zero attached hydrogens (tertiary/aromatic N) is 1. The van der Waals surface area contributed by atoms with Gasteiger partial charge in [0.05, 0.1) is 0 Å². The van der Waals surface area contributed by atoms with E-state index < -0.39 is 0 Å². The fraction of sp³-hybridized carbons (Fsp3) is 1.00. The Balaban J connectivity index is 1.70. The van der Waals surface area contributed by atoms with Gasteiger partial charge >= 0.3 is 0 Å². The summed E-state index contributed by atoms with van der Waals surface area (Å²) in [5.41, 5.74) is 1.68. The summed E-state index contributed by atoms with van der Waals surface area (Å²) < 4.78 is 0. The molecule has 0 spiro atoms. The molecule has 3 fully saturated rings. The molecule has 1 saturated heterocycles. The van der Waals surface area contributed by atoms with Crippen molar-refractivity contribution in [2.24, 2.45) is 28.1 Å². The molecule has 1 N–H and O–H groups in total. The minimum atomic E-state index is 0.486. The van der Waals surface area contributed by atoms with Gasteiger partial charge in [0.2, 0.25) is 0 Å². The smallest absolute Gasteiger partial charge is 0.00406 e. The lowest BCUT2D eigenvalue weighted by molar-refractivity contribution is 0.0436. The molecule has 230 valence electrons. The average Bonchev–Trinajstić information content (AvgIpc) is 2.99. The van der Waals surface area contributed by atoms with Gasteiger partial charge < -0.3 is 9.99 Å². The molecule has 39 heavy (non-hydrogen) atoms. The van der Waals surface area contributed by atoms with Crippen molar-refractivity contribution in [1.82, 2.24) is 9.99 Å². The second-order valence-corrected chi connectivity index (χ2v) is 15.8. The molecule has 0 aromatic carbocycles. The molecular weight excluding hydrogens is 491 g/mol. The van der Waals surface area contributed by atoms with Gasteiger partial charge in [-0.05, 0) is 105 Å². The SMILES string of the molecule is CCC(C)CC1(C2CCCCCC(CC)(CN3CCC(C)(CNP)CC3)CCC2)CCCCCCCCCC1. The van der Waals surface area contributed by atoms with E-state index in [0.717, 1.165) is 18.4 Å². The van der Waals surface area contributed by atoms with Crippen molar-refractivity contribution in [1.29, 1.82) is 0 Å². The van der Waals surface area contributed by atoms with E-state index in [0.29, 0.717) is 16.2 Å². The van der Waals surface area contributed by atoms with Crippen LogP contribution in [-0.4, -0.2) is 31.1 Å². The summed E-state index contributed by atoms with van der Waals surface area (Å²) in [7, 11) is 2.73. The average molecular weight is 563 g/mol. The first-order valence-electron chi connectivity index (χ1n) is 18.0. The zero-order valence-corrected chi connectivity index (χ0v) is 28.4. The lowest BCUT2D eigenvalue weighted by Crippen LogP contribution is -2.46. The Kier molecular flexibility index (Phi) is 15.2. The van der Waals surface area contributed by atoms with E-state index >= 15 is 0 Å². The van der Waals surface area contributed by atoms with Crippen LogP contribution < -0.4 is 5.09 Å². The van der Waals surface area contributed by atoms with Crippen LogP contribution in [0.25, 0.3) is 0 Å². The summed E-state index contributed by atoms with van der Waals surface area (Å²) in [6.45, 7) is 15.2. The van der Waals surface area contributed by atoms with E-state index in [9.17, 15) is 0 Å². The second-order valence-electron chi connectivity index (χ2n) is 15.4. The van der Waals surface area contributed by atoms with Crippen molar-refractivity contribution in [2.45, 2.75) is 175 Å². The van der Waals surface area contributed by atoms with E-state index in [-0.39, 0.29) is 0 Å². The van der Waals surface area contributed by atoms with E-state index in [1.807, 2.05) is 0 Å². The molecule has 2 saturated carbocycles. The minimum absolute atomic E-state index is 0.486. The third-order valence-corrected chi connectivity index (χ3v) is 12.5. The monoisotopic (exact) mass is 563 g/mol. The van der Waals surface area contributed by atoms with Gasteiger partial charge in [0, 0.05) is 13.1 Å². The molecule has 0 aromatic heterocycles. The Morgan fingerprint density at radius 2 is 1.28 bits per heavy atom. The van der Waals surface area contributed by atoms with E-state index in [2.05, 4.69) is 47.1 Å². The van der Waals surface area contributed by atoms with Crippen LogP contribution in [0.3, 0.4) is 0 Å². The molecule has 0 bridgehead atoms. The summed E-state index contributed by atoms with van der Waals surface area (Å²) in [4.78, 5) is 2.88. The molecule has 0 aromatic rings. The predicted octanol–water partition coefficient (Wildman–Crippen LogP) is 11.0. The molecule has 1 aliphatic heterocycles. The van der Waals surface area contributed by atoms with Crippen LogP contribution >= 0.6 is 9.39 Å². The third kappa shape index (κ3) is 10.8. The standard InChI is InChI=1S/C36H71N2P/c1-5-32(3)29-36(23-16-11-9-7-8-10-12-17-24-36)33-19-14-13-15-21-35(6-2,22-18-20-33)31-38-27-25-34(4,26-28-38)30-37-39/h32-33,37H,5-31,39H2,1-4H3. The quantitative estimate of drug-likeness (QED) is 0.281. The first-order valence-corrected chi connectivity index (χ1v) is 18.6. The fourth-order valence-electron chi connectivity index (χ4n) is 9.20. The highest BCUT2D eigenvalue weighted by atomic mass is 31.0. The maximum Gasteiger partial charge on any atom is 0.00406 e. The van der Waals surface area contributed by atoms with Crippen molar-refractivity contribution < 1.29 is 0 Å². The van der Waals surface area contributed by atoms with Crippen LogP contribution in [0.5, 0.6) is 0 Å². The summed E-state index contributed by atoms with van der Waals surface area (Å²) in [5, 5.41) is 3.39. The number of likely N-dealkylation sites (tertiary alicyclic amines) is 1. The summed E-state index contributed by atoms with van der Waals surface area (Å²) >= 11 is 0. The maximum atomic E-state index is 3.39. The molecule has 1 heterocycles. The summed E-state index contributed by atoms with van der Waals surface area (Å²) in [6, 6.07) is 0. The molecule has 0 radical (unpaired) electrons. The molecule has 2 aliphatic carbocycles. The van der Waals surface area contributed by atoms with Gasteiger partial charge in [0.25, 0.3) is 0 Å². The van der Waals surface area contributed by atoms with Crippen LogP contribution in [0.2, 0.25) is 0 Å². The Bertz CT molecular complexity index is 630. The first-order chi connectivity index (χ1) is 18.9. The van der Waals surface area contributed by atoms with Gasteiger partial charge in [-0.3, -0.25) is 0 Å². The zero-order valence-electron chi connectivity index (χ0n) is 27.3. The predicted molar refractivity (Wildman–Crippen MR) is 177 cm³/mol. The van der Waals surface area contributed by atoms with Gasteiger partial charge in [-0.1, -0.05) is 121 Å². The van der Waals surface area contributed by atoms with Crippen molar-refractivity contribution in [3.8, 4) is 0 Å². The number of nitrogens with one attached hydrogen (secondary N) is 1. The van der Waals surface area contributed by atoms with E-state index in [1.165, 1.54) is 154 Å². The molecule has 3 aliphatic rings. The normalized spacial score (nSPS) is 31.2. The maximum absolute atomic E-state index is 3.39. The number of piperidine rings is 1. The Hall–Kier alpha value is 0.350. The summed E-state index contributed by atoms with van der Waals surface area (Å²) in [5.74, 6) is 1.88. The van der Waals surface area contributed by atoms with Crippen LogP contribution in [0.15, 0.2) is 0 Å². The Morgan fingerprint density at radius 3 is 1.87 bits per heavy atom. The summed E-state index contributed by atoms with van der Waals surface area (Å²) in [6.07, 6.45) is 34.0. The van der Waals surface area contributed by atoms with Crippen molar-refractivity contribution in [2.75, 3.05) is 26.2 Å². The number of hydrogen-bond donors (Lipinski definition) is 1. The molecule has 4 unspecified atom stereocenters. The Labute approximate surface area is 248 Å². The molecule has 2 nitrogen and oxygen atoms in total. The number of hydrogen-bond acceptors (Lipinski definition) is 2. The van der Waals surface area contributed by atoms with Gasteiger partial charge in [-0.15, -0.1) is 0 Å². The largest absolute Gasteiger partial charge is 0.303 e. The molecule has 4 atom stereocenters. The van der Waals surface area contributed by atoms with Crippen LogP contribution in [0.1, 0.15) is 175 Å². The van der Waals surface area contributed by atoms with Crippen molar-refractivity contribution >= 4 is 9.39 Å². The zero-order chi connectivity index (χ0) is 28.0. The first kappa shape index (κ1) is 33.8. The highest BCUT2D eigenvalue weighted by Crippen LogP contribution is 2.50. The van der Waals surface area contributed by atoms with Crippen LogP contribution in [-0.2, 0) is 0 Å². The molecule has 3 heteroatoms. The van der Waals surface area contributed by atoms with Crippen LogP contribution in [0.4, 0.5) is 0 Å². The molecule has 3 rings (SSSR count). The lowest BCUT2D eigenvalue weighted by atomic mass is 9.60. The van der Waals surface area contributed by atoms with E-state index in [4.69, 9.17) is 0 Å². The third-order valence-electron chi connectivity index (χ3n) is 12.3. The van der Waals surface area contributed by atoms with Gasteiger partial charge in [-0.2, -0.15) is 0 Å². The lowest BCUT2D eigenvalue weighted by Gasteiger charge is -2.46. The van der Waals surface area contributed by atoms with Gasteiger partial charge in [-0.25, -0.2) is 0 Å². The molecule has 0 amide bonds. The number of rotatable bonds is 9. The highest BCUT2D eigenvalue weighted by molar-refractivity contribution is 7.13. The van der Waals surface area contributed by atoms with Crippen molar-refractivity contribution in [3.05, 3.63) is 0 Å². The van der Waals surface area contributed by atoms with Crippen LogP contribution in [0, 0.1) is 28.1 Å². The van der Waals surface area contributed by atoms with Gasteiger partial charge in [0.1, 0.15) is 0 Å². The van der Waals surface area contributed by atoms with E-state index in [1.54, 1.807) is 12.8 Å². The fourth-order valence-corrected chi connectivity index (χ4v) is 9.69. The highest BCUT2D eigenvalue weighted by Gasteiger charge is 2.40. The topological polar surface area (TPSA) is 15.3 Å². The minimum Gasteiger partial charge on any atom is -0.303 e. The molecular formula is C36H71N2P. The Morgan fingerprint density at radius 1 is 0.744 bits per heavy atom. The van der Waals surface area contributed by atoms with Crippen molar-refractivity contribution in [3.63, 3.8) is 0 Å².